The van der Waals surface area contributed by atoms with Gasteiger partial charge in [-0.25, -0.2) is 4.39 Å². The van der Waals surface area contributed by atoms with E-state index in [9.17, 15) is 4.39 Å². The molecule has 0 spiro atoms. The lowest BCUT2D eigenvalue weighted by Gasteiger charge is -2.36. The summed E-state index contributed by atoms with van der Waals surface area (Å²) in [5.74, 6) is -0.108. The van der Waals surface area contributed by atoms with E-state index in [0.717, 1.165) is 50.5 Å². The molecule has 1 aliphatic rings. The van der Waals surface area contributed by atoms with Crippen molar-refractivity contribution >= 4 is 21.6 Å². The normalized spacial score (nSPS) is 16.9. The van der Waals surface area contributed by atoms with Crippen molar-refractivity contribution in [2.75, 3.05) is 58.3 Å². The average Bonchev–Trinajstić information content (AvgIpc) is 2.45. The van der Waals surface area contributed by atoms with Gasteiger partial charge in [0.15, 0.2) is 0 Å². The van der Waals surface area contributed by atoms with E-state index in [2.05, 4.69) is 44.7 Å². The van der Waals surface area contributed by atoms with E-state index in [0.29, 0.717) is 5.33 Å². The number of likely N-dealkylation sites (N-methyl/N-ethyl adjacent to an activating group) is 1. The summed E-state index contributed by atoms with van der Waals surface area (Å²) in [6.45, 7) is 5.98. The number of rotatable bonds is 5. The highest BCUT2D eigenvalue weighted by Gasteiger charge is 2.19. The molecule has 0 unspecified atom stereocenters. The first-order valence-electron chi connectivity index (χ1n) is 7.06. The van der Waals surface area contributed by atoms with Crippen LogP contribution in [0.25, 0.3) is 0 Å². The molecular weight excluding hydrogens is 321 g/mol. The fraction of sp³-hybridized carbons (Fsp3) is 0.600. The monoisotopic (exact) mass is 343 g/mol. The summed E-state index contributed by atoms with van der Waals surface area (Å²) in [5.41, 5.74) is 1.72. The van der Waals surface area contributed by atoms with Crippen LogP contribution in [0.2, 0.25) is 0 Å². The standard InChI is InChI=1S/C15H23BrFN3/c1-18(2)5-6-19-7-9-20(10-8-19)15-4-3-13(12-16)11-14(15)17/h3-4,11H,5-10,12H2,1-2H3. The van der Waals surface area contributed by atoms with Gasteiger partial charge in [0.25, 0.3) is 0 Å². The number of piperazine rings is 1. The summed E-state index contributed by atoms with van der Waals surface area (Å²) in [5, 5.41) is 0.697. The van der Waals surface area contributed by atoms with Crippen LogP contribution in [0.5, 0.6) is 0 Å². The molecule has 1 heterocycles. The molecule has 1 aromatic carbocycles. The van der Waals surface area contributed by atoms with Crippen molar-refractivity contribution in [3.63, 3.8) is 0 Å². The minimum atomic E-state index is -0.108. The van der Waals surface area contributed by atoms with Crippen LogP contribution in [-0.4, -0.2) is 63.2 Å². The molecule has 112 valence electrons. The highest BCUT2D eigenvalue weighted by Crippen LogP contribution is 2.22. The van der Waals surface area contributed by atoms with Gasteiger partial charge in [-0.2, -0.15) is 0 Å². The Kier molecular flexibility index (Phi) is 5.81. The Morgan fingerprint density at radius 2 is 1.90 bits per heavy atom. The second-order valence-electron chi connectivity index (χ2n) is 5.55. The zero-order valence-corrected chi connectivity index (χ0v) is 13.9. The lowest BCUT2D eigenvalue weighted by atomic mass is 10.2. The molecule has 0 bridgehead atoms. The van der Waals surface area contributed by atoms with Crippen molar-refractivity contribution in [2.24, 2.45) is 0 Å². The van der Waals surface area contributed by atoms with Crippen LogP contribution >= 0.6 is 15.9 Å². The minimum absolute atomic E-state index is 0.108. The van der Waals surface area contributed by atoms with Gasteiger partial charge in [0, 0.05) is 44.6 Å². The Hall–Kier alpha value is -0.650. The van der Waals surface area contributed by atoms with Crippen LogP contribution in [0, 0.1) is 5.82 Å². The second-order valence-corrected chi connectivity index (χ2v) is 6.11. The molecule has 0 saturated carbocycles. The highest BCUT2D eigenvalue weighted by molar-refractivity contribution is 9.08. The summed E-state index contributed by atoms with van der Waals surface area (Å²) >= 11 is 3.36. The fourth-order valence-corrected chi connectivity index (χ4v) is 2.79. The molecule has 20 heavy (non-hydrogen) atoms. The van der Waals surface area contributed by atoms with Gasteiger partial charge in [-0.3, -0.25) is 4.90 Å². The zero-order chi connectivity index (χ0) is 14.5. The van der Waals surface area contributed by atoms with Gasteiger partial charge in [0.2, 0.25) is 0 Å². The lowest BCUT2D eigenvalue weighted by molar-refractivity contribution is 0.229. The number of hydrogen-bond donors (Lipinski definition) is 0. The largest absolute Gasteiger partial charge is 0.367 e. The Balaban J connectivity index is 1.90. The van der Waals surface area contributed by atoms with Gasteiger partial charge in [-0.15, -0.1) is 0 Å². The Morgan fingerprint density at radius 1 is 1.20 bits per heavy atom. The number of benzene rings is 1. The van der Waals surface area contributed by atoms with Gasteiger partial charge >= 0.3 is 0 Å². The molecule has 5 heteroatoms. The molecule has 1 fully saturated rings. The van der Waals surface area contributed by atoms with Crippen LogP contribution < -0.4 is 4.90 Å². The third-order valence-electron chi connectivity index (χ3n) is 3.74. The predicted molar refractivity (Wildman–Crippen MR) is 86.2 cm³/mol. The maximum atomic E-state index is 14.1. The van der Waals surface area contributed by atoms with Crippen molar-refractivity contribution < 1.29 is 4.39 Å². The number of anilines is 1. The van der Waals surface area contributed by atoms with E-state index in [-0.39, 0.29) is 5.82 Å². The average molecular weight is 344 g/mol. The van der Waals surface area contributed by atoms with Gasteiger partial charge < -0.3 is 9.80 Å². The molecule has 2 rings (SSSR count). The van der Waals surface area contributed by atoms with E-state index in [1.165, 1.54) is 0 Å². The van der Waals surface area contributed by atoms with E-state index in [4.69, 9.17) is 0 Å². The first-order valence-corrected chi connectivity index (χ1v) is 8.18. The Labute approximate surface area is 129 Å². The summed E-state index contributed by atoms with van der Waals surface area (Å²) in [4.78, 5) is 6.80. The summed E-state index contributed by atoms with van der Waals surface area (Å²) in [7, 11) is 4.19. The lowest BCUT2D eigenvalue weighted by Crippen LogP contribution is -2.48. The predicted octanol–water partition coefficient (Wildman–Crippen LogP) is 2.40. The van der Waals surface area contributed by atoms with E-state index in [1.807, 2.05) is 12.1 Å². The molecule has 0 amide bonds. The van der Waals surface area contributed by atoms with Crippen LogP contribution in [0.4, 0.5) is 10.1 Å². The molecule has 1 aromatic rings. The van der Waals surface area contributed by atoms with Gasteiger partial charge in [-0.1, -0.05) is 22.0 Å². The maximum absolute atomic E-state index is 14.1. The van der Waals surface area contributed by atoms with Crippen LogP contribution in [0.3, 0.4) is 0 Å². The summed E-state index contributed by atoms with van der Waals surface area (Å²) in [6, 6.07) is 5.52. The second kappa shape index (κ2) is 7.38. The summed E-state index contributed by atoms with van der Waals surface area (Å²) in [6.07, 6.45) is 0. The molecular formula is C15H23BrFN3. The smallest absolute Gasteiger partial charge is 0.146 e. The summed E-state index contributed by atoms with van der Waals surface area (Å²) < 4.78 is 14.1. The highest BCUT2D eigenvalue weighted by atomic mass is 79.9. The first kappa shape index (κ1) is 15.7. The fourth-order valence-electron chi connectivity index (χ4n) is 2.44. The van der Waals surface area contributed by atoms with Crippen molar-refractivity contribution in [3.05, 3.63) is 29.6 Å². The van der Waals surface area contributed by atoms with E-state index >= 15 is 0 Å². The first-order chi connectivity index (χ1) is 9.60. The number of halogens is 2. The maximum Gasteiger partial charge on any atom is 0.146 e. The molecule has 0 N–H and O–H groups in total. The van der Waals surface area contributed by atoms with Gasteiger partial charge in [0.05, 0.1) is 5.69 Å². The van der Waals surface area contributed by atoms with Gasteiger partial charge in [-0.05, 0) is 31.8 Å². The zero-order valence-electron chi connectivity index (χ0n) is 12.3. The SMILES string of the molecule is CN(C)CCN1CCN(c2ccc(CBr)cc2F)CC1. The third kappa shape index (κ3) is 4.17. The Bertz CT molecular complexity index is 431. The molecule has 0 atom stereocenters. The van der Waals surface area contributed by atoms with Crippen LogP contribution in [0.1, 0.15) is 5.56 Å². The third-order valence-corrected chi connectivity index (χ3v) is 4.39. The van der Waals surface area contributed by atoms with E-state index < -0.39 is 0 Å². The minimum Gasteiger partial charge on any atom is -0.367 e. The van der Waals surface area contributed by atoms with Crippen molar-refractivity contribution in [2.45, 2.75) is 5.33 Å². The van der Waals surface area contributed by atoms with Crippen molar-refractivity contribution in [1.82, 2.24) is 9.80 Å². The van der Waals surface area contributed by atoms with E-state index in [1.54, 1.807) is 6.07 Å². The quantitative estimate of drug-likeness (QED) is 0.760. The molecule has 1 saturated heterocycles. The molecule has 0 radical (unpaired) electrons. The number of alkyl halides is 1. The van der Waals surface area contributed by atoms with Crippen LogP contribution in [0.15, 0.2) is 18.2 Å². The molecule has 1 aliphatic heterocycles. The number of nitrogens with zero attached hydrogens (tertiary/aromatic N) is 3. The van der Waals surface area contributed by atoms with Gasteiger partial charge in [0.1, 0.15) is 5.82 Å². The number of hydrogen-bond acceptors (Lipinski definition) is 3. The topological polar surface area (TPSA) is 9.72 Å². The van der Waals surface area contributed by atoms with Crippen LogP contribution in [-0.2, 0) is 5.33 Å². The Morgan fingerprint density at radius 3 is 2.45 bits per heavy atom. The molecule has 0 aromatic heterocycles. The molecule has 0 aliphatic carbocycles. The molecule has 3 nitrogen and oxygen atoms in total. The van der Waals surface area contributed by atoms with Crippen molar-refractivity contribution in [3.8, 4) is 0 Å². The van der Waals surface area contributed by atoms with Crippen molar-refractivity contribution in [1.29, 1.82) is 0 Å².